The largest absolute Gasteiger partial charge is 0.329 e. The van der Waals surface area contributed by atoms with Crippen LogP contribution in [0.25, 0.3) is 0 Å². The molecule has 0 aromatic rings. The Bertz CT molecular complexity index is 332. The van der Waals surface area contributed by atoms with Crippen LogP contribution in [0.3, 0.4) is 0 Å². The zero-order valence-corrected chi connectivity index (χ0v) is 11.1. The normalized spacial score (nSPS) is 29.9. The molecule has 0 saturated carbocycles. The lowest BCUT2D eigenvalue weighted by molar-refractivity contribution is -0.143. The second-order valence-electron chi connectivity index (χ2n) is 5.44. The Morgan fingerprint density at radius 3 is 2.78 bits per heavy atom. The summed E-state index contributed by atoms with van der Waals surface area (Å²) < 4.78 is 0. The van der Waals surface area contributed by atoms with Crippen molar-refractivity contribution in [3.63, 3.8) is 0 Å². The van der Waals surface area contributed by atoms with Gasteiger partial charge >= 0.3 is 0 Å². The van der Waals surface area contributed by atoms with Gasteiger partial charge in [-0.15, -0.1) is 0 Å². The van der Waals surface area contributed by atoms with Gasteiger partial charge in [-0.3, -0.25) is 19.4 Å². The van der Waals surface area contributed by atoms with Gasteiger partial charge in [0.1, 0.15) is 0 Å². The highest BCUT2D eigenvalue weighted by atomic mass is 16.2. The van der Waals surface area contributed by atoms with E-state index in [4.69, 9.17) is 5.73 Å². The van der Waals surface area contributed by atoms with Crippen LogP contribution in [0.1, 0.15) is 32.6 Å². The summed E-state index contributed by atoms with van der Waals surface area (Å²) in [6, 6.07) is 0.278. The van der Waals surface area contributed by atoms with Crippen LogP contribution in [0.5, 0.6) is 0 Å². The van der Waals surface area contributed by atoms with E-state index in [0.717, 1.165) is 19.4 Å². The molecule has 2 atom stereocenters. The monoisotopic (exact) mass is 253 g/mol. The maximum Gasteiger partial charge on any atom is 0.243 e. The topological polar surface area (TPSA) is 66.6 Å². The summed E-state index contributed by atoms with van der Waals surface area (Å²) in [4.78, 5) is 27.2. The summed E-state index contributed by atoms with van der Waals surface area (Å²) in [7, 11) is 0. The fraction of sp³-hybridized carbons (Fsp3) is 0.846. The maximum atomic E-state index is 12.1. The number of hydrogen-bond acceptors (Lipinski definition) is 4. The highest BCUT2D eigenvalue weighted by Gasteiger charge is 2.32. The van der Waals surface area contributed by atoms with Crippen LogP contribution >= 0.6 is 0 Å². The van der Waals surface area contributed by atoms with Gasteiger partial charge < -0.3 is 5.73 Å². The summed E-state index contributed by atoms with van der Waals surface area (Å²) in [5.41, 5.74) is 5.81. The lowest BCUT2D eigenvalue weighted by Gasteiger charge is -2.39. The number of carbonyl (C=O) groups is 2. The molecular weight excluding hydrogens is 230 g/mol. The highest BCUT2D eigenvalue weighted by Crippen LogP contribution is 2.22. The first kappa shape index (κ1) is 13.5. The molecule has 2 amide bonds. The third-order valence-corrected chi connectivity index (χ3v) is 4.18. The molecule has 0 aliphatic carbocycles. The summed E-state index contributed by atoms with van der Waals surface area (Å²) in [5, 5.41) is 0. The molecule has 2 fully saturated rings. The minimum atomic E-state index is -0.0509. The lowest BCUT2D eigenvalue weighted by atomic mass is 9.91. The number of imide groups is 1. The Hall–Kier alpha value is -0.940. The van der Waals surface area contributed by atoms with Crippen LogP contribution in [-0.4, -0.2) is 53.8 Å². The highest BCUT2D eigenvalue weighted by molar-refractivity contribution is 5.97. The van der Waals surface area contributed by atoms with Crippen LogP contribution in [0.4, 0.5) is 0 Å². The molecule has 2 N–H and O–H groups in total. The van der Waals surface area contributed by atoms with Crippen LogP contribution in [-0.2, 0) is 9.59 Å². The van der Waals surface area contributed by atoms with Gasteiger partial charge in [-0.2, -0.15) is 0 Å². The molecule has 0 aromatic heterocycles. The Balaban J connectivity index is 1.95. The zero-order valence-electron chi connectivity index (χ0n) is 11.1. The van der Waals surface area contributed by atoms with Gasteiger partial charge in [0.25, 0.3) is 0 Å². The number of piperidine rings is 1. The Morgan fingerprint density at radius 1 is 1.39 bits per heavy atom. The molecule has 2 heterocycles. The Kier molecular flexibility index (Phi) is 4.35. The van der Waals surface area contributed by atoms with E-state index in [1.54, 1.807) is 0 Å². The molecule has 0 aromatic carbocycles. The molecule has 0 spiro atoms. The molecule has 18 heavy (non-hydrogen) atoms. The molecule has 2 saturated heterocycles. The summed E-state index contributed by atoms with van der Waals surface area (Å²) >= 11 is 0. The molecule has 0 radical (unpaired) electrons. The van der Waals surface area contributed by atoms with E-state index in [-0.39, 0.29) is 17.9 Å². The van der Waals surface area contributed by atoms with E-state index in [0.29, 0.717) is 32.0 Å². The first-order valence-electron chi connectivity index (χ1n) is 6.90. The van der Waals surface area contributed by atoms with Gasteiger partial charge in [0.15, 0.2) is 0 Å². The second kappa shape index (κ2) is 5.80. The smallest absolute Gasteiger partial charge is 0.243 e. The Labute approximate surface area is 108 Å². The molecule has 0 bridgehead atoms. The van der Waals surface area contributed by atoms with Crippen molar-refractivity contribution in [3.05, 3.63) is 0 Å². The lowest BCUT2D eigenvalue weighted by Crippen LogP contribution is -2.52. The zero-order chi connectivity index (χ0) is 13.1. The fourth-order valence-electron chi connectivity index (χ4n) is 3.08. The molecule has 2 rings (SSSR count). The van der Waals surface area contributed by atoms with Crippen molar-refractivity contribution in [2.24, 2.45) is 11.7 Å². The van der Waals surface area contributed by atoms with Crippen molar-refractivity contribution in [1.29, 1.82) is 0 Å². The molecule has 2 aliphatic rings. The van der Waals surface area contributed by atoms with E-state index in [1.807, 2.05) is 0 Å². The van der Waals surface area contributed by atoms with Gasteiger partial charge in [-0.1, -0.05) is 6.92 Å². The van der Waals surface area contributed by atoms with E-state index in [9.17, 15) is 9.59 Å². The molecule has 102 valence electrons. The number of nitrogens with two attached hydrogens (primary N) is 1. The van der Waals surface area contributed by atoms with Crippen LogP contribution in [0.15, 0.2) is 0 Å². The predicted octanol–water partition coefficient (Wildman–Crippen LogP) is 0.195. The molecule has 2 aliphatic heterocycles. The third-order valence-electron chi connectivity index (χ3n) is 4.18. The SMILES string of the molecule is CC1CCCN(CC(=O)N2CCCC2=O)C1CN. The van der Waals surface area contributed by atoms with Gasteiger partial charge in [0, 0.05) is 25.6 Å². The first-order valence-corrected chi connectivity index (χ1v) is 6.90. The van der Waals surface area contributed by atoms with Crippen molar-refractivity contribution in [2.45, 2.75) is 38.6 Å². The average Bonchev–Trinajstić information content (AvgIpc) is 2.76. The molecule has 5 nitrogen and oxygen atoms in total. The maximum absolute atomic E-state index is 12.1. The summed E-state index contributed by atoms with van der Waals surface area (Å²) in [5.74, 6) is 0.463. The number of rotatable bonds is 3. The van der Waals surface area contributed by atoms with Crippen molar-refractivity contribution in [2.75, 3.05) is 26.2 Å². The average molecular weight is 253 g/mol. The van der Waals surface area contributed by atoms with E-state index >= 15 is 0 Å². The number of nitrogens with zero attached hydrogens (tertiary/aromatic N) is 2. The number of likely N-dealkylation sites (tertiary alicyclic amines) is 2. The molecular formula is C13H23N3O2. The van der Waals surface area contributed by atoms with Crippen molar-refractivity contribution in [1.82, 2.24) is 9.80 Å². The predicted molar refractivity (Wildman–Crippen MR) is 68.8 cm³/mol. The van der Waals surface area contributed by atoms with Crippen LogP contribution in [0.2, 0.25) is 0 Å². The molecule has 2 unspecified atom stereocenters. The van der Waals surface area contributed by atoms with Gasteiger partial charge in [-0.25, -0.2) is 0 Å². The number of amides is 2. The van der Waals surface area contributed by atoms with E-state index in [1.165, 1.54) is 11.3 Å². The molecule has 5 heteroatoms. The number of carbonyl (C=O) groups excluding carboxylic acids is 2. The van der Waals surface area contributed by atoms with Gasteiger partial charge in [0.05, 0.1) is 6.54 Å². The van der Waals surface area contributed by atoms with Gasteiger partial charge in [-0.05, 0) is 31.7 Å². The van der Waals surface area contributed by atoms with Crippen molar-refractivity contribution < 1.29 is 9.59 Å². The second-order valence-corrected chi connectivity index (χ2v) is 5.44. The summed E-state index contributed by atoms with van der Waals surface area (Å²) in [6.45, 7) is 4.63. The fourth-order valence-corrected chi connectivity index (χ4v) is 3.08. The third kappa shape index (κ3) is 2.72. The van der Waals surface area contributed by atoms with E-state index in [2.05, 4.69) is 11.8 Å². The van der Waals surface area contributed by atoms with Gasteiger partial charge in [0.2, 0.25) is 11.8 Å². The van der Waals surface area contributed by atoms with Crippen molar-refractivity contribution >= 4 is 11.8 Å². The minimum Gasteiger partial charge on any atom is -0.329 e. The number of hydrogen-bond donors (Lipinski definition) is 1. The summed E-state index contributed by atoms with van der Waals surface area (Å²) in [6.07, 6.45) is 3.61. The van der Waals surface area contributed by atoms with Crippen molar-refractivity contribution in [3.8, 4) is 0 Å². The Morgan fingerprint density at radius 2 is 2.17 bits per heavy atom. The van der Waals surface area contributed by atoms with E-state index < -0.39 is 0 Å². The van der Waals surface area contributed by atoms with Crippen LogP contribution in [0, 0.1) is 5.92 Å². The minimum absolute atomic E-state index is 0.0191. The quantitative estimate of drug-likeness (QED) is 0.780. The standard InChI is InChI=1S/C13H23N3O2/c1-10-4-2-6-15(11(10)8-14)9-13(18)16-7-3-5-12(16)17/h10-11H,2-9,14H2,1H3. The van der Waals surface area contributed by atoms with Crippen LogP contribution < -0.4 is 5.73 Å². The first-order chi connectivity index (χ1) is 8.63.